The van der Waals surface area contributed by atoms with Crippen LogP contribution in [0.4, 0.5) is 5.82 Å². The van der Waals surface area contributed by atoms with Crippen molar-refractivity contribution in [2.24, 2.45) is 0 Å². The third-order valence-corrected chi connectivity index (χ3v) is 4.33. The van der Waals surface area contributed by atoms with Crippen LogP contribution in [0.3, 0.4) is 0 Å². The minimum absolute atomic E-state index is 0.526. The maximum absolute atomic E-state index is 6.01. The Balaban J connectivity index is 2.46. The normalized spacial score (nSPS) is 11.2. The number of nitrogen functional groups attached to an aromatic ring is 1. The van der Waals surface area contributed by atoms with E-state index in [-0.39, 0.29) is 0 Å². The second-order valence-corrected chi connectivity index (χ2v) is 5.81. The Morgan fingerprint density at radius 1 is 1.15 bits per heavy atom. The van der Waals surface area contributed by atoms with Gasteiger partial charge in [-0.25, -0.2) is 9.97 Å². The summed E-state index contributed by atoms with van der Waals surface area (Å²) in [5.74, 6) is 0.526. The van der Waals surface area contributed by atoms with Crippen LogP contribution in [0.25, 0.3) is 16.7 Å². The van der Waals surface area contributed by atoms with Crippen molar-refractivity contribution >= 4 is 32.8 Å². The van der Waals surface area contributed by atoms with E-state index in [1.807, 2.05) is 0 Å². The van der Waals surface area contributed by atoms with Crippen molar-refractivity contribution in [3.8, 4) is 5.69 Å². The molecule has 2 N–H and O–H groups in total. The lowest BCUT2D eigenvalue weighted by atomic mass is 10.2. The first kappa shape index (κ1) is 13.1. The quantitative estimate of drug-likeness (QED) is 0.740. The van der Waals surface area contributed by atoms with Crippen LogP contribution in [0.15, 0.2) is 29.0 Å². The third kappa shape index (κ3) is 1.81. The zero-order chi connectivity index (χ0) is 14.4. The molecule has 0 aliphatic heterocycles. The number of nitrogens with zero attached hydrogens (tertiary/aromatic N) is 3. The van der Waals surface area contributed by atoms with Gasteiger partial charge in [0.1, 0.15) is 12.1 Å². The summed E-state index contributed by atoms with van der Waals surface area (Å²) in [6.45, 7) is 6.20. The zero-order valence-electron chi connectivity index (χ0n) is 11.6. The first-order valence-corrected chi connectivity index (χ1v) is 7.14. The predicted molar refractivity (Wildman–Crippen MR) is 85.2 cm³/mol. The molecule has 3 rings (SSSR count). The van der Waals surface area contributed by atoms with E-state index >= 15 is 0 Å². The molecular weight excluding hydrogens is 316 g/mol. The second-order valence-electron chi connectivity index (χ2n) is 4.96. The maximum atomic E-state index is 6.01. The molecule has 0 amide bonds. The first-order valence-electron chi connectivity index (χ1n) is 6.35. The molecule has 3 aromatic rings. The van der Waals surface area contributed by atoms with E-state index in [2.05, 4.69) is 69.4 Å². The Morgan fingerprint density at radius 2 is 1.90 bits per heavy atom. The van der Waals surface area contributed by atoms with Gasteiger partial charge in [-0.1, -0.05) is 6.07 Å². The summed E-state index contributed by atoms with van der Waals surface area (Å²) in [4.78, 5) is 8.52. The fourth-order valence-electron chi connectivity index (χ4n) is 2.52. The van der Waals surface area contributed by atoms with Crippen LogP contribution in [-0.4, -0.2) is 14.5 Å². The van der Waals surface area contributed by atoms with Gasteiger partial charge in [0.25, 0.3) is 0 Å². The number of halogens is 1. The lowest BCUT2D eigenvalue weighted by molar-refractivity contribution is 1.01. The van der Waals surface area contributed by atoms with Crippen molar-refractivity contribution < 1.29 is 0 Å². The highest BCUT2D eigenvalue weighted by Crippen LogP contribution is 2.32. The molecule has 0 aliphatic carbocycles. The van der Waals surface area contributed by atoms with Gasteiger partial charge in [0.05, 0.1) is 11.1 Å². The van der Waals surface area contributed by atoms with Gasteiger partial charge in [-0.05, 0) is 60.0 Å². The van der Waals surface area contributed by atoms with Crippen molar-refractivity contribution in [3.63, 3.8) is 0 Å². The second kappa shape index (κ2) is 4.59. The van der Waals surface area contributed by atoms with Crippen LogP contribution in [0.2, 0.25) is 0 Å². The van der Waals surface area contributed by atoms with E-state index in [9.17, 15) is 0 Å². The SMILES string of the molecule is Cc1ccc(Br)c(-n2c(C)c(C)c3c(N)ncnc32)c1. The van der Waals surface area contributed by atoms with Gasteiger partial charge < -0.3 is 5.73 Å². The summed E-state index contributed by atoms with van der Waals surface area (Å²) in [7, 11) is 0. The molecule has 5 heteroatoms. The molecular formula is C15H15BrN4. The largest absolute Gasteiger partial charge is 0.383 e. The molecule has 0 spiro atoms. The van der Waals surface area contributed by atoms with Crippen LogP contribution >= 0.6 is 15.9 Å². The van der Waals surface area contributed by atoms with Crippen LogP contribution in [-0.2, 0) is 0 Å². The summed E-state index contributed by atoms with van der Waals surface area (Å²) < 4.78 is 3.15. The average molecular weight is 331 g/mol. The highest BCUT2D eigenvalue weighted by Gasteiger charge is 2.17. The number of anilines is 1. The van der Waals surface area contributed by atoms with E-state index in [1.165, 1.54) is 11.9 Å². The number of aromatic nitrogens is 3. The lowest BCUT2D eigenvalue weighted by Crippen LogP contribution is -2.00. The fraction of sp³-hybridized carbons (Fsp3) is 0.200. The number of fused-ring (bicyclic) bond motifs is 1. The van der Waals surface area contributed by atoms with E-state index in [4.69, 9.17) is 5.73 Å². The fourth-order valence-corrected chi connectivity index (χ4v) is 2.94. The Morgan fingerprint density at radius 3 is 2.65 bits per heavy atom. The minimum Gasteiger partial charge on any atom is -0.383 e. The molecule has 20 heavy (non-hydrogen) atoms. The highest BCUT2D eigenvalue weighted by atomic mass is 79.9. The van der Waals surface area contributed by atoms with Crippen molar-refractivity contribution in [3.05, 3.63) is 45.8 Å². The summed E-state index contributed by atoms with van der Waals surface area (Å²) in [6.07, 6.45) is 1.51. The summed E-state index contributed by atoms with van der Waals surface area (Å²) in [6, 6.07) is 6.26. The third-order valence-electron chi connectivity index (χ3n) is 3.66. The number of rotatable bonds is 1. The predicted octanol–water partition coefficient (Wildman–Crippen LogP) is 3.69. The minimum atomic E-state index is 0.526. The zero-order valence-corrected chi connectivity index (χ0v) is 13.2. The standard InChI is InChI=1S/C15H15BrN4/c1-8-4-5-11(16)12(6-8)20-10(3)9(2)13-14(17)18-7-19-15(13)20/h4-7H,1-3H3,(H2,17,18,19). The Labute approximate surface area is 125 Å². The molecule has 0 saturated heterocycles. The van der Waals surface area contributed by atoms with Crippen LogP contribution in [0.5, 0.6) is 0 Å². The Hall–Kier alpha value is -1.88. The van der Waals surface area contributed by atoms with Crippen LogP contribution in [0, 0.1) is 20.8 Å². The molecule has 102 valence electrons. The van der Waals surface area contributed by atoms with Crippen LogP contribution < -0.4 is 5.73 Å². The van der Waals surface area contributed by atoms with Gasteiger partial charge >= 0.3 is 0 Å². The highest BCUT2D eigenvalue weighted by molar-refractivity contribution is 9.10. The summed E-state index contributed by atoms with van der Waals surface area (Å²) in [5, 5.41) is 0.929. The molecule has 0 radical (unpaired) electrons. The summed E-state index contributed by atoms with van der Waals surface area (Å²) >= 11 is 3.62. The van der Waals surface area contributed by atoms with E-state index in [1.54, 1.807) is 0 Å². The number of nitrogens with two attached hydrogens (primary N) is 1. The monoisotopic (exact) mass is 330 g/mol. The average Bonchev–Trinajstić information content (AvgIpc) is 2.66. The molecule has 0 fully saturated rings. The smallest absolute Gasteiger partial charge is 0.150 e. The topological polar surface area (TPSA) is 56.7 Å². The van der Waals surface area contributed by atoms with Crippen molar-refractivity contribution in [1.82, 2.24) is 14.5 Å². The van der Waals surface area contributed by atoms with Crippen molar-refractivity contribution in [2.45, 2.75) is 20.8 Å². The number of hydrogen-bond acceptors (Lipinski definition) is 3. The molecule has 2 aromatic heterocycles. The Bertz CT molecular complexity index is 820. The molecule has 0 aliphatic rings. The summed E-state index contributed by atoms with van der Waals surface area (Å²) in [5.41, 5.74) is 11.4. The molecule has 0 saturated carbocycles. The van der Waals surface area contributed by atoms with Crippen molar-refractivity contribution in [1.29, 1.82) is 0 Å². The van der Waals surface area contributed by atoms with Gasteiger partial charge in [-0.15, -0.1) is 0 Å². The molecule has 0 unspecified atom stereocenters. The van der Waals surface area contributed by atoms with Gasteiger partial charge in [0.2, 0.25) is 0 Å². The first-order chi connectivity index (χ1) is 9.50. The molecule has 0 bridgehead atoms. The van der Waals surface area contributed by atoms with Gasteiger partial charge in [0.15, 0.2) is 5.65 Å². The number of hydrogen-bond donors (Lipinski definition) is 1. The molecule has 2 heterocycles. The molecule has 1 aromatic carbocycles. The van der Waals surface area contributed by atoms with Gasteiger partial charge in [-0.3, -0.25) is 4.57 Å². The van der Waals surface area contributed by atoms with Gasteiger partial charge in [-0.2, -0.15) is 0 Å². The van der Waals surface area contributed by atoms with Gasteiger partial charge in [0, 0.05) is 10.2 Å². The van der Waals surface area contributed by atoms with E-state index < -0.39 is 0 Å². The molecule has 0 atom stereocenters. The van der Waals surface area contributed by atoms with Crippen LogP contribution in [0.1, 0.15) is 16.8 Å². The van der Waals surface area contributed by atoms with E-state index in [0.29, 0.717) is 5.82 Å². The van der Waals surface area contributed by atoms with E-state index in [0.717, 1.165) is 32.5 Å². The number of aryl methyl sites for hydroxylation is 2. The lowest BCUT2D eigenvalue weighted by Gasteiger charge is -2.11. The Kier molecular flexibility index (Phi) is 3.01. The maximum Gasteiger partial charge on any atom is 0.150 e. The van der Waals surface area contributed by atoms with Crippen molar-refractivity contribution in [2.75, 3.05) is 5.73 Å². The molecule has 4 nitrogen and oxygen atoms in total. The number of benzene rings is 1.